The van der Waals surface area contributed by atoms with E-state index in [-0.39, 0.29) is 18.1 Å². The number of rotatable bonds is 4. The number of carbonyl (C=O) groups excluding carboxylic acids is 1. The van der Waals surface area contributed by atoms with Crippen molar-refractivity contribution in [3.05, 3.63) is 64.7 Å². The van der Waals surface area contributed by atoms with E-state index in [4.69, 9.17) is 11.6 Å². The number of hydrogen-bond acceptors (Lipinski definition) is 5. The van der Waals surface area contributed by atoms with Gasteiger partial charge in [0.2, 0.25) is 0 Å². The number of hydrogen-bond donors (Lipinski definition) is 2. The Morgan fingerprint density at radius 1 is 1.03 bits per heavy atom. The summed E-state index contributed by atoms with van der Waals surface area (Å²) in [6.45, 7) is 3.22. The zero-order chi connectivity index (χ0) is 20.4. The average Bonchev–Trinajstić information content (AvgIpc) is 3.24. The molecule has 2 aromatic rings. The lowest BCUT2D eigenvalue weighted by molar-refractivity contribution is 0.0545. The molecule has 2 aliphatic rings. The minimum absolute atomic E-state index is 0.116. The molecule has 0 spiro atoms. The van der Waals surface area contributed by atoms with E-state index in [1.807, 2.05) is 60.3 Å². The van der Waals surface area contributed by atoms with E-state index in [0.29, 0.717) is 0 Å². The van der Waals surface area contributed by atoms with Gasteiger partial charge in [0.25, 0.3) is 5.91 Å². The third kappa shape index (κ3) is 4.56. The van der Waals surface area contributed by atoms with Crippen molar-refractivity contribution >= 4 is 23.2 Å². The summed E-state index contributed by atoms with van der Waals surface area (Å²) >= 11 is 6.00. The third-order valence-corrected chi connectivity index (χ3v) is 6.06. The summed E-state index contributed by atoms with van der Waals surface area (Å²) in [4.78, 5) is 19.3. The van der Waals surface area contributed by atoms with E-state index < -0.39 is 0 Å². The van der Waals surface area contributed by atoms with Crippen LogP contribution in [0.25, 0.3) is 0 Å². The first-order chi connectivity index (χ1) is 14.0. The lowest BCUT2D eigenvalue weighted by atomic mass is 10.0. The Balaban J connectivity index is 1.32. The quantitative estimate of drug-likeness (QED) is 0.807. The van der Waals surface area contributed by atoms with Gasteiger partial charge in [-0.25, -0.2) is 10.9 Å². The molecule has 4 rings (SSSR count). The van der Waals surface area contributed by atoms with Crippen LogP contribution in [-0.4, -0.2) is 62.1 Å². The molecule has 0 radical (unpaired) electrons. The fraction of sp³-hybridized carbons (Fsp3) is 0.409. The van der Waals surface area contributed by atoms with E-state index in [0.717, 1.165) is 48.9 Å². The molecule has 2 unspecified atom stereocenters. The zero-order valence-electron chi connectivity index (χ0n) is 16.9. The first-order valence-electron chi connectivity index (χ1n) is 10.1. The molecule has 2 heterocycles. The minimum atomic E-state index is 0.116. The molecule has 2 saturated heterocycles. The maximum absolute atomic E-state index is 12.9. The van der Waals surface area contributed by atoms with Gasteiger partial charge in [-0.1, -0.05) is 29.8 Å². The Morgan fingerprint density at radius 3 is 2.45 bits per heavy atom. The molecule has 0 aromatic heterocycles. The van der Waals surface area contributed by atoms with Crippen molar-refractivity contribution in [2.75, 3.05) is 45.2 Å². The van der Waals surface area contributed by atoms with Crippen LogP contribution in [0.3, 0.4) is 0 Å². The molecule has 1 amide bonds. The van der Waals surface area contributed by atoms with Gasteiger partial charge in [0.1, 0.15) is 0 Å². The number of hydrazine groups is 1. The maximum Gasteiger partial charge on any atom is 0.254 e. The normalized spacial score (nSPS) is 22.7. The molecular formula is C22H28ClN5O. The van der Waals surface area contributed by atoms with Crippen LogP contribution in [0.2, 0.25) is 5.02 Å². The second kappa shape index (κ2) is 8.71. The Morgan fingerprint density at radius 2 is 1.76 bits per heavy atom. The van der Waals surface area contributed by atoms with Crippen molar-refractivity contribution in [3.8, 4) is 0 Å². The molecule has 2 N–H and O–H groups in total. The second-order valence-electron chi connectivity index (χ2n) is 7.92. The molecule has 154 valence electrons. The van der Waals surface area contributed by atoms with Crippen molar-refractivity contribution in [1.29, 1.82) is 0 Å². The number of benzene rings is 2. The molecule has 2 atom stereocenters. The fourth-order valence-electron chi connectivity index (χ4n) is 4.03. The molecule has 2 aliphatic heterocycles. The molecule has 0 aliphatic carbocycles. The highest BCUT2D eigenvalue weighted by atomic mass is 35.5. The number of anilines is 1. The van der Waals surface area contributed by atoms with Crippen LogP contribution in [0.5, 0.6) is 0 Å². The summed E-state index contributed by atoms with van der Waals surface area (Å²) in [7, 11) is 3.98. The van der Waals surface area contributed by atoms with Crippen molar-refractivity contribution in [2.45, 2.75) is 18.6 Å². The molecule has 6 nitrogen and oxygen atoms in total. The van der Waals surface area contributed by atoms with Crippen LogP contribution in [0.15, 0.2) is 48.5 Å². The highest BCUT2D eigenvalue weighted by molar-refractivity contribution is 6.30. The van der Waals surface area contributed by atoms with Crippen LogP contribution in [0.4, 0.5) is 5.69 Å². The smallest absolute Gasteiger partial charge is 0.254 e. The van der Waals surface area contributed by atoms with E-state index >= 15 is 0 Å². The van der Waals surface area contributed by atoms with Crippen LogP contribution in [0, 0.1) is 0 Å². The summed E-state index contributed by atoms with van der Waals surface area (Å²) in [6, 6.07) is 16.1. The lowest BCUT2D eigenvalue weighted by Crippen LogP contribution is -2.55. The number of amides is 1. The van der Waals surface area contributed by atoms with Crippen molar-refractivity contribution in [2.24, 2.45) is 0 Å². The van der Waals surface area contributed by atoms with E-state index in [1.54, 1.807) is 0 Å². The summed E-state index contributed by atoms with van der Waals surface area (Å²) < 4.78 is 0. The lowest BCUT2D eigenvalue weighted by Gasteiger charge is -2.37. The minimum Gasteiger partial charge on any atom is -0.378 e. The standard InChI is InChI=1S/C22H28ClN5O/c1-26(2)19-5-3-4-17(14-19)22(29)28-12-10-27(11-13-28)21-15-20(24-25-21)16-6-8-18(23)9-7-16/h3-9,14,20-21,24-25H,10-13,15H2,1-2H3. The van der Waals surface area contributed by atoms with Gasteiger partial charge in [-0.2, -0.15) is 0 Å². The Hall–Kier alpha value is -2.12. The number of piperazine rings is 1. The third-order valence-electron chi connectivity index (χ3n) is 5.81. The van der Waals surface area contributed by atoms with Gasteiger partial charge in [0.15, 0.2) is 0 Å². The number of halogens is 1. The van der Waals surface area contributed by atoms with Crippen molar-refractivity contribution in [1.82, 2.24) is 20.7 Å². The summed E-state index contributed by atoms with van der Waals surface area (Å²) in [5, 5.41) is 0.758. The molecule has 7 heteroatoms. The van der Waals surface area contributed by atoms with Gasteiger partial charge in [-0.15, -0.1) is 0 Å². The highest BCUT2D eigenvalue weighted by Gasteiger charge is 2.32. The zero-order valence-corrected chi connectivity index (χ0v) is 17.7. The number of nitrogens with one attached hydrogen (secondary N) is 2. The van der Waals surface area contributed by atoms with Gasteiger partial charge < -0.3 is 9.80 Å². The van der Waals surface area contributed by atoms with E-state index in [1.165, 1.54) is 5.56 Å². The summed E-state index contributed by atoms with van der Waals surface area (Å²) in [5.74, 6) is 0.116. The molecule has 0 saturated carbocycles. The Bertz CT molecular complexity index is 849. The van der Waals surface area contributed by atoms with Gasteiger partial charge in [0, 0.05) is 62.6 Å². The largest absolute Gasteiger partial charge is 0.378 e. The summed E-state index contributed by atoms with van der Waals surface area (Å²) in [5.41, 5.74) is 9.85. The van der Waals surface area contributed by atoms with Gasteiger partial charge in [-0.3, -0.25) is 9.69 Å². The number of nitrogens with zero attached hydrogens (tertiary/aromatic N) is 3. The molecule has 29 heavy (non-hydrogen) atoms. The number of carbonyl (C=O) groups is 1. The Labute approximate surface area is 177 Å². The van der Waals surface area contributed by atoms with Crippen LogP contribution >= 0.6 is 11.6 Å². The molecule has 2 aromatic carbocycles. The summed E-state index contributed by atoms with van der Waals surface area (Å²) in [6.07, 6.45) is 1.26. The van der Waals surface area contributed by atoms with Gasteiger partial charge >= 0.3 is 0 Å². The van der Waals surface area contributed by atoms with E-state index in [2.05, 4.69) is 27.9 Å². The van der Waals surface area contributed by atoms with Crippen molar-refractivity contribution < 1.29 is 4.79 Å². The van der Waals surface area contributed by atoms with Gasteiger partial charge in [-0.05, 0) is 42.3 Å². The van der Waals surface area contributed by atoms with Crippen LogP contribution < -0.4 is 15.8 Å². The van der Waals surface area contributed by atoms with E-state index in [9.17, 15) is 4.79 Å². The molecule has 0 bridgehead atoms. The predicted octanol–water partition coefficient (Wildman–Crippen LogP) is 2.73. The molecular weight excluding hydrogens is 386 g/mol. The van der Waals surface area contributed by atoms with Gasteiger partial charge in [0.05, 0.1) is 6.17 Å². The highest BCUT2D eigenvalue weighted by Crippen LogP contribution is 2.26. The maximum atomic E-state index is 12.9. The fourth-order valence-corrected chi connectivity index (χ4v) is 4.16. The molecule has 2 fully saturated rings. The van der Waals surface area contributed by atoms with Crippen LogP contribution in [0.1, 0.15) is 28.4 Å². The first kappa shape index (κ1) is 20.2. The first-order valence-corrected chi connectivity index (χ1v) is 10.5. The van der Waals surface area contributed by atoms with Crippen LogP contribution in [-0.2, 0) is 0 Å². The topological polar surface area (TPSA) is 50.9 Å². The monoisotopic (exact) mass is 413 g/mol. The SMILES string of the molecule is CN(C)c1cccc(C(=O)N2CCN(C3CC(c4ccc(Cl)cc4)NN3)CC2)c1. The average molecular weight is 414 g/mol. The van der Waals surface area contributed by atoms with Crippen molar-refractivity contribution in [3.63, 3.8) is 0 Å². The predicted molar refractivity (Wildman–Crippen MR) is 117 cm³/mol. The second-order valence-corrected chi connectivity index (χ2v) is 8.35. The Kier molecular flexibility index (Phi) is 6.06.